The average Bonchev–Trinajstić information content (AvgIpc) is 2.37. The summed E-state index contributed by atoms with van der Waals surface area (Å²) in [7, 11) is -3.20. The standard InChI is InChI=1S/C13H19F3N2O2S/c1-3-8-17-9-11-4-6-12(7-5-11)21(19,20)18(2)10-13(14,15)16/h4-7,17H,3,8-10H2,1-2H3. The summed E-state index contributed by atoms with van der Waals surface area (Å²) < 4.78 is 61.1. The topological polar surface area (TPSA) is 49.4 Å². The van der Waals surface area contributed by atoms with E-state index in [0.29, 0.717) is 10.8 Å². The van der Waals surface area contributed by atoms with Crippen LogP contribution < -0.4 is 5.32 Å². The number of nitrogens with one attached hydrogen (secondary N) is 1. The van der Waals surface area contributed by atoms with Crippen molar-refractivity contribution >= 4 is 10.0 Å². The van der Waals surface area contributed by atoms with Gasteiger partial charge in [0.05, 0.1) is 4.90 Å². The Labute approximate surface area is 123 Å². The molecule has 0 aliphatic rings. The van der Waals surface area contributed by atoms with Crippen LogP contribution >= 0.6 is 0 Å². The minimum Gasteiger partial charge on any atom is -0.313 e. The van der Waals surface area contributed by atoms with E-state index in [1.54, 1.807) is 12.1 Å². The molecule has 21 heavy (non-hydrogen) atoms. The van der Waals surface area contributed by atoms with E-state index in [2.05, 4.69) is 5.32 Å². The van der Waals surface area contributed by atoms with E-state index in [9.17, 15) is 21.6 Å². The van der Waals surface area contributed by atoms with Gasteiger partial charge in [-0.3, -0.25) is 0 Å². The molecular formula is C13H19F3N2O2S. The molecule has 0 saturated heterocycles. The normalized spacial score (nSPS) is 12.9. The van der Waals surface area contributed by atoms with Crippen LogP contribution in [0.5, 0.6) is 0 Å². The van der Waals surface area contributed by atoms with Crippen LogP contribution in [0.3, 0.4) is 0 Å². The zero-order valence-corrected chi connectivity index (χ0v) is 12.8. The molecule has 0 heterocycles. The summed E-state index contributed by atoms with van der Waals surface area (Å²) in [6.45, 7) is 1.95. The van der Waals surface area contributed by atoms with Gasteiger partial charge in [-0.2, -0.15) is 17.5 Å². The highest BCUT2D eigenvalue weighted by Crippen LogP contribution is 2.21. The van der Waals surface area contributed by atoms with E-state index < -0.39 is 22.7 Å². The van der Waals surface area contributed by atoms with Gasteiger partial charge in [-0.25, -0.2) is 8.42 Å². The minimum absolute atomic E-state index is 0.145. The summed E-state index contributed by atoms with van der Waals surface area (Å²) in [5.41, 5.74) is 0.876. The van der Waals surface area contributed by atoms with Gasteiger partial charge < -0.3 is 5.32 Å². The molecule has 0 aliphatic heterocycles. The van der Waals surface area contributed by atoms with Crippen LogP contribution in [0.1, 0.15) is 18.9 Å². The Morgan fingerprint density at radius 3 is 2.24 bits per heavy atom. The minimum atomic E-state index is -4.56. The third kappa shape index (κ3) is 5.64. The van der Waals surface area contributed by atoms with Gasteiger partial charge in [0.25, 0.3) is 0 Å². The van der Waals surface area contributed by atoms with E-state index in [1.807, 2.05) is 6.92 Å². The molecule has 0 atom stereocenters. The van der Waals surface area contributed by atoms with Crippen LogP contribution in [-0.2, 0) is 16.6 Å². The first-order chi connectivity index (χ1) is 9.66. The van der Waals surface area contributed by atoms with Crippen molar-refractivity contribution in [2.24, 2.45) is 0 Å². The molecule has 0 aromatic heterocycles. The van der Waals surface area contributed by atoms with E-state index in [-0.39, 0.29) is 4.90 Å². The van der Waals surface area contributed by atoms with Gasteiger partial charge in [-0.1, -0.05) is 19.1 Å². The largest absolute Gasteiger partial charge is 0.402 e. The maximum Gasteiger partial charge on any atom is 0.402 e. The highest BCUT2D eigenvalue weighted by molar-refractivity contribution is 7.89. The zero-order valence-electron chi connectivity index (χ0n) is 11.9. The smallest absolute Gasteiger partial charge is 0.313 e. The van der Waals surface area contributed by atoms with Crippen LogP contribution in [0.15, 0.2) is 29.2 Å². The van der Waals surface area contributed by atoms with Crippen molar-refractivity contribution in [3.63, 3.8) is 0 Å². The number of hydrogen-bond acceptors (Lipinski definition) is 3. The Morgan fingerprint density at radius 1 is 1.19 bits per heavy atom. The van der Waals surface area contributed by atoms with Gasteiger partial charge in [0.2, 0.25) is 10.0 Å². The van der Waals surface area contributed by atoms with E-state index >= 15 is 0 Å². The Morgan fingerprint density at radius 2 is 1.76 bits per heavy atom. The van der Waals surface area contributed by atoms with Crippen molar-refractivity contribution in [3.05, 3.63) is 29.8 Å². The number of rotatable bonds is 7. The quantitative estimate of drug-likeness (QED) is 0.784. The molecule has 0 unspecified atom stereocenters. The Hall–Kier alpha value is -1.12. The Balaban J connectivity index is 2.80. The number of sulfonamides is 1. The molecule has 120 valence electrons. The molecule has 0 radical (unpaired) electrons. The molecule has 1 aromatic carbocycles. The lowest BCUT2D eigenvalue weighted by Gasteiger charge is -2.18. The molecule has 4 nitrogen and oxygen atoms in total. The summed E-state index contributed by atoms with van der Waals surface area (Å²) in [4.78, 5) is -0.145. The first kappa shape index (κ1) is 17.9. The molecule has 0 bridgehead atoms. The maximum atomic E-state index is 12.3. The predicted octanol–water partition coefficient (Wildman–Crippen LogP) is 2.37. The average molecular weight is 324 g/mol. The fourth-order valence-electron chi connectivity index (χ4n) is 1.71. The number of halogens is 3. The second-order valence-corrected chi connectivity index (χ2v) is 6.74. The monoisotopic (exact) mass is 324 g/mol. The lowest BCUT2D eigenvalue weighted by molar-refractivity contribution is -0.134. The van der Waals surface area contributed by atoms with Gasteiger partial charge >= 0.3 is 6.18 Å². The van der Waals surface area contributed by atoms with Crippen molar-refractivity contribution in [3.8, 4) is 0 Å². The molecule has 1 N–H and O–H groups in total. The van der Waals surface area contributed by atoms with Crippen LogP contribution in [0.25, 0.3) is 0 Å². The molecule has 1 aromatic rings. The molecule has 8 heteroatoms. The van der Waals surface area contributed by atoms with E-state index in [1.165, 1.54) is 12.1 Å². The van der Waals surface area contributed by atoms with Crippen molar-refractivity contribution in [1.29, 1.82) is 0 Å². The van der Waals surface area contributed by atoms with Gasteiger partial charge in [0.15, 0.2) is 0 Å². The number of benzene rings is 1. The van der Waals surface area contributed by atoms with Crippen LogP contribution in [0.4, 0.5) is 13.2 Å². The number of hydrogen-bond donors (Lipinski definition) is 1. The molecule has 0 fully saturated rings. The van der Waals surface area contributed by atoms with E-state index in [0.717, 1.165) is 25.6 Å². The molecule has 1 rings (SSSR count). The maximum absolute atomic E-state index is 12.3. The van der Waals surface area contributed by atoms with Crippen molar-refractivity contribution in [2.75, 3.05) is 20.1 Å². The van der Waals surface area contributed by atoms with E-state index in [4.69, 9.17) is 0 Å². The van der Waals surface area contributed by atoms with Gasteiger partial charge in [0, 0.05) is 13.6 Å². The van der Waals surface area contributed by atoms with Crippen molar-refractivity contribution < 1.29 is 21.6 Å². The van der Waals surface area contributed by atoms with Crippen molar-refractivity contribution in [2.45, 2.75) is 31.0 Å². The molecule has 0 spiro atoms. The molecule has 0 amide bonds. The first-order valence-corrected chi connectivity index (χ1v) is 7.93. The second kappa shape index (κ2) is 7.24. The van der Waals surface area contributed by atoms with Crippen LogP contribution in [0.2, 0.25) is 0 Å². The lowest BCUT2D eigenvalue weighted by atomic mass is 10.2. The van der Waals surface area contributed by atoms with Gasteiger partial charge in [0.1, 0.15) is 6.54 Å². The summed E-state index contributed by atoms with van der Waals surface area (Å²) in [5.74, 6) is 0. The highest BCUT2D eigenvalue weighted by atomic mass is 32.2. The Bertz CT molecular complexity index is 542. The highest BCUT2D eigenvalue weighted by Gasteiger charge is 2.34. The summed E-state index contributed by atoms with van der Waals surface area (Å²) in [5, 5.41) is 3.15. The third-order valence-electron chi connectivity index (χ3n) is 2.79. The fraction of sp³-hybridized carbons (Fsp3) is 0.538. The Kier molecular flexibility index (Phi) is 6.18. The fourth-order valence-corrected chi connectivity index (χ4v) is 2.86. The van der Waals surface area contributed by atoms with Crippen molar-refractivity contribution in [1.82, 2.24) is 9.62 Å². The van der Waals surface area contributed by atoms with Crippen LogP contribution in [0, 0.1) is 0 Å². The molecular weight excluding hydrogens is 305 g/mol. The first-order valence-electron chi connectivity index (χ1n) is 6.49. The summed E-state index contributed by atoms with van der Waals surface area (Å²) in [6, 6.07) is 5.84. The summed E-state index contributed by atoms with van der Waals surface area (Å²) in [6.07, 6.45) is -3.58. The van der Waals surface area contributed by atoms with Gasteiger partial charge in [-0.05, 0) is 30.7 Å². The third-order valence-corrected chi connectivity index (χ3v) is 4.61. The number of alkyl halides is 3. The molecule has 0 aliphatic carbocycles. The SMILES string of the molecule is CCCNCc1ccc(S(=O)(=O)N(C)CC(F)(F)F)cc1. The summed E-state index contributed by atoms with van der Waals surface area (Å²) >= 11 is 0. The lowest BCUT2D eigenvalue weighted by Crippen LogP contribution is -2.35. The number of nitrogens with zero attached hydrogens (tertiary/aromatic N) is 1. The molecule has 0 saturated carbocycles. The zero-order chi connectivity index (χ0) is 16.1. The second-order valence-electron chi connectivity index (χ2n) is 4.70. The van der Waals surface area contributed by atoms with Gasteiger partial charge in [-0.15, -0.1) is 0 Å². The van der Waals surface area contributed by atoms with Crippen LogP contribution in [-0.4, -0.2) is 39.0 Å². The predicted molar refractivity (Wildman–Crippen MR) is 74.3 cm³/mol.